The summed E-state index contributed by atoms with van der Waals surface area (Å²) in [6, 6.07) is 0. The predicted octanol–water partition coefficient (Wildman–Crippen LogP) is 1.97. The van der Waals surface area contributed by atoms with Crippen LogP contribution in [-0.4, -0.2) is 23.5 Å². The Morgan fingerprint density at radius 1 is 1.31 bits per heavy atom. The molecule has 13 heavy (non-hydrogen) atoms. The van der Waals surface area contributed by atoms with E-state index in [0.29, 0.717) is 11.5 Å². The van der Waals surface area contributed by atoms with Crippen LogP contribution in [-0.2, 0) is 0 Å². The zero-order valence-electron chi connectivity index (χ0n) is 9.14. The lowest BCUT2D eigenvalue weighted by Crippen LogP contribution is -2.46. The van der Waals surface area contributed by atoms with E-state index in [1.54, 1.807) is 0 Å². The van der Waals surface area contributed by atoms with E-state index in [1.165, 1.54) is 12.8 Å². The van der Waals surface area contributed by atoms with Crippen molar-refractivity contribution in [1.29, 1.82) is 0 Å². The van der Waals surface area contributed by atoms with Crippen molar-refractivity contribution in [3.63, 3.8) is 0 Å². The van der Waals surface area contributed by atoms with Gasteiger partial charge < -0.3 is 5.73 Å². The highest BCUT2D eigenvalue weighted by atomic mass is 15.2. The van der Waals surface area contributed by atoms with E-state index >= 15 is 0 Å². The van der Waals surface area contributed by atoms with E-state index in [9.17, 15) is 0 Å². The topological polar surface area (TPSA) is 29.3 Å². The maximum atomic E-state index is 5.71. The van der Waals surface area contributed by atoms with Crippen molar-refractivity contribution in [2.75, 3.05) is 13.1 Å². The van der Waals surface area contributed by atoms with Gasteiger partial charge in [0.1, 0.15) is 0 Å². The molecule has 0 aromatic heterocycles. The highest BCUT2D eigenvalue weighted by Gasteiger charge is 2.27. The molecule has 0 saturated carbocycles. The van der Waals surface area contributed by atoms with Crippen molar-refractivity contribution in [2.45, 2.75) is 39.2 Å². The van der Waals surface area contributed by atoms with Crippen molar-refractivity contribution in [3.8, 4) is 0 Å². The number of rotatable bonds is 1. The normalized spacial score (nSPS) is 21.8. The summed E-state index contributed by atoms with van der Waals surface area (Å²) in [5.41, 5.74) is 6.88. The van der Waals surface area contributed by atoms with E-state index in [-0.39, 0.29) is 0 Å². The average Bonchev–Trinajstić information content (AvgIpc) is 2.03. The standard InChI is InChI=1S/C11H22N2/c1-9(12)10-5-7-13(8-6-10)11(2,3)4/h10H,1,5-8,12H2,2-4H3. The van der Waals surface area contributed by atoms with Gasteiger partial charge >= 0.3 is 0 Å². The predicted molar refractivity (Wildman–Crippen MR) is 57.4 cm³/mol. The average molecular weight is 182 g/mol. The van der Waals surface area contributed by atoms with Crippen molar-refractivity contribution in [1.82, 2.24) is 4.90 Å². The molecular weight excluding hydrogens is 160 g/mol. The number of hydrogen-bond acceptors (Lipinski definition) is 2. The van der Waals surface area contributed by atoms with Crippen LogP contribution in [0.1, 0.15) is 33.6 Å². The number of likely N-dealkylation sites (tertiary alicyclic amines) is 1. The molecule has 2 nitrogen and oxygen atoms in total. The molecule has 2 N–H and O–H groups in total. The molecule has 0 atom stereocenters. The van der Waals surface area contributed by atoms with Crippen LogP contribution in [0, 0.1) is 5.92 Å². The van der Waals surface area contributed by atoms with Gasteiger partial charge in [0.15, 0.2) is 0 Å². The lowest BCUT2D eigenvalue weighted by atomic mass is 9.91. The fourth-order valence-electron chi connectivity index (χ4n) is 1.92. The molecule has 1 aliphatic rings. The Morgan fingerprint density at radius 2 is 1.77 bits per heavy atom. The summed E-state index contributed by atoms with van der Waals surface area (Å²) in [6.07, 6.45) is 2.35. The summed E-state index contributed by atoms with van der Waals surface area (Å²) in [7, 11) is 0. The summed E-state index contributed by atoms with van der Waals surface area (Å²) in [5, 5.41) is 0. The van der Waals surface area contributed by atoms with Crippen molar-refractivity contribution < 1.29 is 0 Å². The smallest absolute Gasteiger partial charge is 0.0125 e. The second kappa shape index (κ2) is 3.70. The van der Waals surface area contributed by atoms with Crippen LogP contribution in [0.5, 0.6) is 0 Å². The van der Waals surface area contributed by atoms with Gasteiger partial charge in [-0.1, -0.05) is 6.58 Å². The Kier molecular flexibility index (Phi) is 3.01. The summed E-state index contributed by atoms with van der Waals surface area (Å²) in [4.78, 5) is 2.52. The Hall–Kier alpha value is -0.500. The summed E-state index contributed by atoms with van der Waals surface area (Å²) in [5.74, 6) is 0.554. The third-order valence-corrected chi connectivity index (χ3v) is 2.97. The van der Waals surface area contributed by atoms with E-state index in [0.717, 1.165) is 18.8 Å². The molecule has 0 aromatic carbocycles. The Labute approximate surface area is 81.8 Å². The summed E-state index contributed by atoms with van der Waals surface area (Å²) >= 11 is 0. The number of allylic oxidation sites excluding steroid dienone is 1. The SMILES string of the molecule is C=C(N)C1CCN(C(C)(C)C)CC1. The van der Waals surface area contributed by atoms with E-state index in [2.05, 4.69) is 32.3 Å². The van der Waals surface area contributed by atoms with Crippen LogP contribution in [0.4, 0.5) is 0 Å². The van der Waals surface area contributed by atoms with Crippen LogP contribution in [0.3, 0.4) is 0 Å². The fourth-order valence-corrected chi connectivity index (χ4v) is 1.92. The minimum absolute atomic E-state index is 0.306. The first-order valence-corrected chi connectivity index (χ1v) is 5.10. The van der Waals surface area contributed by atoms with E-state index < -0.39 is 0 Å². The van der Waals surface area contributed by atoms with Crippen LogP contribution in [0.2, 0.25) is 0 Å². The summed E-state index contributed by atoms with van der Waals surface area (Å²) in [6.45, 7) is 12.9. The zero-order chi connectivity index (χ0) is 10.1. The highest BCUT2D eigenvalue weighted by molar-refractivity contribution is 4.97. The molecule has 1 fully saturated rings. The molecule has 1 aliphatic heterocycles. The van der Waals surface area contributed by atoms with Gasteiger partial charge in [0, 0.05) is 17.2 Å². The maximum Gasteiger partial charge on any atom is 0.0125 e. The Bertz CT molecular complexity index is 183. The molecule has 0 aliphatic carbocycles. The van der Waals surface area contributed by atoms with Gasteiger partial charge in [-0.25, -0.2) is 0 Å². The molecule has 1 rings (SSSR count). The van der Waals surface area contributed by atoms with Gasteiger partial charge in [0.25, 0.3) is 0 Å². The Morgan fingerprint density at radius 3 is 2.08 bits per heavy atom. The molecule has 1 heterocycles. The molecule has 0 aromatic rings. The minimum Gasteiger partial charge on any atom is -0.402 e. The number of nitrogens with two attached hydrogens (primary N) is 1. The van der Waals surface area contributed by atoms with Crippen molar-refractivity contribution in [3.05, 3.63) is 12.3 Å². The van der Waals surface area contributed by atoms with Gasteiger partial charge in [0.2, 0.25) is 0 Å². The highest BCUT2D eigenvalue weighted by Crippen LogP contribution is 2.25. The molecule has 76 valence electrons. The quantitative estimate of drug-likeness (QED) is 0.672. The number of piperidine rings is 1. The van der Waals surface area contributed by atoms with Crippen LogP contribution >= 0.6 is 0 Å². The van der Waals surface area contributed by atoms with Gasteiger partial charge in [0.05, 0.1) is 0 Å². The first-order valence-electron chi connectivity index (χ1n) is 5.10. The Balaban J connectivity index is 2.44. The van der Waals surface area contributed by atoms with E-state index in [1.807, 2.05) is 0 Å². The lowest BCUT2D eigenvalue weighted by molar-refractivity contribution is 0.0947. The monoisotopic (exact) mass is 182 g/mol. The van der Waals surface area contributed by atoms with Gasteiger partial charge in [-0.15, -0.1) is 0 Å². The third kappa shape index (κ3) is 2.73. The lowest BCUT2D eigenvalue weighted by Gasteiger charge is -2.40. The van der Waals surface area contributed by atoms with Gasteiger partial charge in [-0.2, -0.15) is 0 Å². The molecule has 2 heteroatoms. The first-order chi connectivity index (χ1) is 5.91. The van der Waals surface area contributed by atoms with Gasteiger partial charge in [-0.05, 0) is 46.7 Å². The molecule has 0 amide bonds. The second-order valence-corrected chi connectivity index (χ2v) is 5.01. The van der Waals surface area contributed by atoms with Crippen LogP contribution in [0.25, 0.3) is 0 Å². The second-order valence-electron chi connectivity index (χ2n) is 5.01. The van der Waals surface area contributed by atoms with Crippen molar-refractivity contribution >= 4 is 0 Å². The number of hydrogen-bond donors (Lipinski definition) is 1. The molecule has 0 spiro atoms. The van der Waals surface area contributed by atoms with Crippen LogP contribution in [0.15, 0.2) is 12.3 Å². The number of nitrogens with zero attached hydrogens (tertiary/aromatic N) is 1. The zero-order valence-corrected chi connectivity index (χ0v) is 9.14. The fraction of sp³-hybridized carbons (Fsp3) is 0.818. The first kappa shape index (κ1) is 10.6. The molecule has 0 bridgehead atoms. The maximum absolute atomic E-state index is 5.71. The third-order valence-electron chi connectivity index (χ3n) is 2.97. The molecule has 1 saturated heterocycles. The van der Waals surface area contributed by atoms with Gasteiger partial charge in [-0.3, -0.25) is 4.90 Å². The molecular formula is C11H22N2. The molecule has 0 unspecified atom stereocenters. The van der Waals surface area contributed by atoms with Crippen LogP contribution < -0.4 is 5.73 Å². The van der Waals surface area contributed by atoms with E-state index in [4.69, 9.17) is 5.73 Å². The summed E-state index contributed by atoms with van der Waals surface area (Å²) < 4.78 is 0. The molecule has 0 radical (unpaired) electrons. The minimum atomic E-state index is 0.306. The largest absolute Gasteiger partial charge is 0.402 e. The van der Waals surface area contributed by atoms with Crippen molar-refractivity contribution in [2.24, 2.45) is 11.7 Å².